The van der Waals surface area contributed by atoms with Crippen LogP contribution in [-0.4, -0.2) is 38.2 Å². The maximum Gasteiger partial charge on any atom is 0.119 e. The molecule has 108 valence electrons. The van der Waals surface area contributed by atoms with Gasteiger partial charge in [-0.2, -0.15) is 0 Å². The molecule has 0 aromatic heterocycles. The van der Waals surface area contributed by atoms with Gasteiger partial charge in [-0.25, -0.2) is 0 Å². The molecule has 2 rings (SSSR count). The van der Waals surface area contributed by atoms with Crippen molar-refractivity contribution in [1.29, 1.82) is 0 Å². The number of benzene rings is 1. The first-order valence-corrected chi connectivity index (χ1v) is 6.06. The van der Waals surface area contributed by atoms with Crippen LogP contribution in [0.4, 0.5) is 0 Å². The number of ether oxygens (including phenoxy) is 1. The van der Waals surface area contributed by atoms with E-state index in [1.165, 1.54) is 5.56 Å². The third-order valence-corrected chi connectivity index (χ3v) is 3.20. The predicted octanol–water partition coefficient (Wildman–Crippen LogP) is 2.67. The van der Waals surface area contributed by atoms with Gasteiger partial charge in [-0.15, -0.1) is 31.4 Å². The molecule has 0 radical (unpaired) electrons. The van der Waals surface area contributed by atoms with Crippen LogP contribution in [0.3, 0.4) is 0 Å². The molecule has 1 atom stereocenters. The standard InChI is InChI=1S/C14H20N2O.2ClH/c1-3-14(16-9-7-15-8-10-16)12-5-4-6-13(11-12)17-2;;/h3-6,11,14-15H,1,7-10H2,2H3;2*1H/t14-;;/m1../s1. The third kappa shape index (κ3) is 4.69. The normalized spacial score (nSPS) is 16.7. The van der Waals surface area contributed by atoms with Crippen LogP contribution in [0.2, 0.25) is 0 Å². The third-order valence-electron chi connectivity index (χ3n) is 3.20. The van der Waals surface area contributed by atoms with E-state index in [4.69, 9.17) is 4.74 Å². The largest absolute Gasteiger partial charge is 0.497 e. The van der Waals surface area contributed by atoms with Crippen LogP contribution < -0.4 is 10.1 Å². The second-order valence-corrected chi connectivity index (χ2v) is 4.24. The Labute approximate surface area is 127 Å². The van der Waals surface area contributed by atoms with E-state index in [1.807, 2.05) is 18.2 Å². The molecular formula is C14H22Cl2N2O. The van der Waals surface area contributed by atoms with Gasteiger partial charge in [-0.3, -0.25) is 4.90 Å². The fourth-order valence-electron chi connectivity index (χ4n) is 2.28. The number of hydrogen-bond donors (Lipinski definition) is 1. The number of methoxy groups -OCH3 is 1. The van der Waals surface area contributed by atoms with Crippen molar-refractivity contribution >= 4 is 24.8 Å². The number of halogens is 2. The predicted molar refractivity (Wildman–Crippen MR) is 84.9 cm³/mol. The van der Waals surface area contributed by atoms with Gasteiger partial charge in [0.25, 0.3) is 0 Å². The van der Waals surface area contributed by atoms with Crippen LogP contribution in [0, 0.1) is 0 Å². The molecule has 0 saturated carbocycles. The highest BCUT2D eigenvalue weighted by molar-refractivity contribution is 5.85. The van der Waals surface area contributed by atoms with Crippen molar-refractivity contribution in [3.63, 3.8) is 0 Å². The molecule has 0 spiro atoms. The van der Waals surface area contributed by atoms with E-state index in [0.717, 1.165) is 31.9 Å². The fraction of sp³-hybridized carbons (Fsp3) is 0.429. The summed E-state index contributed by atoms with van der Waals surface area (Å²) in [5, 5.41) is 3.37. The molecule has 0 unspecified atom stereocenters. The lowest BCUT2D eigenvalue weighted by Gasteiger charge is -2.33. The maximum atomic E-state index is 5.27. The molecule has 1 aliphatic heterocycles. The molecule has 1 saturated heterocycles. The van der Waals surface area contributed by atoms with Crippen LogP contribution in [-0.2, 0) is 0 Å². The molecule has 1 N–H and O–H groups in total. The summed E-state index contributed by atoms with van der Waals surface area (Å²) in [6, 6.07) is 8.52. The van der Waals surface area contributed by atoms with Crippen molar-refractivity contribution in [2.45, 2.75) is 6.04 Å². The van der Waals surface area contributed by atoms with Crippen molar-refractivity contribution in [2.24, 2.45) is 0 Å². The Morgan fingerprint density at radius 1 is 1.32 bits per heavy atom. The molecule has 1 aliphatic rings. The highest BCUT2D eigenvalue weighted by atomic mass is 35.5. The number of rotatable bonds is 4. The van der Waals surface area contributed by atoms with Gasteiger partial charge in [0.15, 0.2) is 0 Å². The molecule has 1 aromatic carbocycles. The monoisotopic (exact) mass is 304 g/mol. The Balaban J connectivity index is 0.00000162. The molecule has 5 heteroatoms. The molecule has 1 heterocycles. The van der Waals surface area contributed by atoms with E-state index in [1.54, 1.807) is 7.11 Å². The Morgan fingerprint density at radius 2 is 2.00 bits per heavy atom. The highest BCUT2D eigenvalue weighted by Gasteiger charge is 2.19. The summed E-state index contributed by atoms with van der Waals surface area (Å²) in [7, 11) is 1.70. The molecule has 0 bridgehead atoms. The Kier molecular flexibility index (Phi) is 8.85. The molecular weight excluding hydrogens is 283 g/mol. The average molecular weight is 305 g/mol. The summed E-state index contributed by atoms with van der Waals surface area (Å²) >= 11 is 0. The average Bonchev–Trinajstić information content (AvgIpc) is 2.41. The van der Waals surface area contributed by atoms with Gasteiger partial charge in [0, 0.05) is 26.2 Å². The smallest absolute Gasteiger partial charge is 0.119 e. The van der Waals surface area contributed by atoms with Crippen LogP contribution >= 0.6 is 24.8 Å². The van der Waals surface area contributed by atoms with Crippen molar-refractivity contribution in [2.75, 3.05) is 33.3 Å². The first kappa shape index (κ1) is 18.3. The zero-order valence-corrected chi connectivity index (χ0v) is 12.8. The molecule has 0 aliphatic carbocycles. The second kappa shape index (κ2) is 9.21. The number of nitrogens with zero attached hydrogens (tertiary/aromatic N) is 1. The lowest BCUT2D eigenvalue weighted by Crippen LogP contribution is -2.44. The Hall–Kier alpha value is -0.740. The highest BCUT2D eigenvalue weighted by Crippen LogP contribution is 2.25. The Bertz CT molecular complexity index is 381. The molecule has 3 nitrogen and oxygen atoms in total. The number of piperazine rings is 1. The Morgan fingerprint density at radius 3 is 2.58 bits per heavy atom. The van der Waals surface area contributed by atoms with E-state index < -0.39 is 0 Å². The summed E-state index contributed by atoms with van der Waals surface area (Å²) in [6.45, 7) is 8.19. The van der Waals surface area contributed by atoms with Gasteiger partial charge < -0.3 is 10.1 Å². The fourth-order valence-corrected chi connectivity index (χ4v) is 2.28. The van der Waals surface area contributed by atoms with Crippen molar-refractivity contribution < 1.29 is 4.74 Å². The quantitative estimate of drug-likeness (QED) is 0.866. The van der Waals surface area contributed by atoms with Crippen molar-refractivity contribution in [3.8, 4) is 5.75 Å². The van der Waals surface area contributed by atoms with Crippen LogP contribution in [0.15, 0.2) is 36.9 Å². The summed E-state index contributed by atoms with van der Waals surface area (Å²) in [5.41, 5.74) is 1.25. The van der Waals surface area contributed by atoms with Gasteiger partial charge in [0.05, 0.1) is 13.2 Å². The topological polar surface area (TPSA) is 24.5 Å². The molecule has 1 fully saturated rings. The van der Waals surface area contributed by atoms with Gasteiger partial charge in [-0.1, -0.05) is 18.2 Å². The lowest BCUT2D eigenvalue weighted by atomic mass is 10.0. The van der Waals surface area contributed by atoms with Crippen molar-refractivity contribution in [1.82, 2.24) is 10.2 Å². The first-order chi connectivity index (χ1) is 8.35. The molecule has 19 heavy (non-hydrogen) atoms. The molecule has 1 aromatic rings. The summed E-state index contributed by atoms with van der Waals surface area (Å²) in [5.74, 6) is 0.907. The van der Waals surface area contributed by atoms with E-state index in [-0.39, 0.29) is 30.9 Å². The minimum absolute atomic E-state index is 0. The van der Waals surface area contributed by atoms with Gasteiger partial charge in [-0.05, 0) is 17.7 Å². The minimum Gasteiger partial charge on any atom is -0.497 e. The van der Waals surface area contributed by atoms with Crippen molar-refractivity contribution in [3.05, 3.63) is 42.5 Å². The van der Waals surface area contributed by atoms with E-state index in [0.29, 0.717) is 0 Å². The summed E-state index contributed by atoms with van der Waals surface area (Å²) in [4.78, 5) is 2.44. The van der Waals surface area contributed by atoms with Crippen LogP contribution in [0.25, 0.3) is 0 Å². The van der Waals surface area contributed by atoms with Crippen LogP contribution in [0.5, 0.6) is 5.75 Å². The van der Waals surface area contributed by atoms with E-state index >= 15 is 0 Å². The summed E-state index contributed by atoms with van der Waals surface area (Å²) in [6.07, 6.45) is 2.01. The lowest BCUT2D eigenvalue weighted by molar-refractivity contribution is 0.203. The second-order valence-electron chi connectivity index (χ2n) is 4.24. The first-order valence-electron chi connectivity index (χ1n) is 6.06. The van der Waals surface area contributed by atoms with Gasteiger partial charge in [0.2, 0.25) is 0 Å². The minimum atomic E-state index is 0. The zero-order valence-electron chi connectivity index (χ0n) is 11.2. The maximum absolute atomic E-state index is 5.27. The summed E-state index contributed by atoms with van der Waals surface area (Å²) < 4.78 is 5.27. The van der Waals surface area contributed by atoms with E-state index in [2.05, 4.69) is 28.9 Å². The van der Waals surface area contributed by atoms with Gasteiger partial charge >= 0.3 is 0 Å². The molecule has 0 amide bonds. The zero-order chi connectivity index (χ0) is 12.1. The number of hydrogen-bond acceptors (Lipinski definition) is 3. The van der Waals surface area contributed by atoms with Crippen LogP contribution in [0.1, 0.15) is 11.6 Å². The SMILES string of the molecule is C=C[C@H](c1cccc(OC)c1)N1CCNCC1.Cl.Cl. The van der Waals surface area contributed by atoms with E-state index in [9.17, 15) is 0 Å². The number of nitrogens with one attached hydrogen (secondary N) is 1. The van der Waals surface area contributed by atoms with Gasteiger partial charge in [0.1, 0.15) is 5.75 Å².